The molecule has 0 bridgehead atoms. The molecule has 0 saturated heterocycles. The minimum absolute atomic E-state index is 0.327. The summed E-state index contributed by atoms with van der Waals surface area (Å²) in [6.45, 7) is 5.27. The van der Waals surface area contributed by atoms with Gasteiger partial charge in [0.05, 0.1) is 0 Å². The van der Waals surface area contributed by atoms with Crippen LogP contribution in [0.2, 0.25) is 0 Å². The van der Waals surface area contributed by atoms with E-state index in [1.165, 1.54) is 5.56 Å². The number of hydrogen-bond acceptors (Lipinski definition) is 2. The number of hydrogen-bond donors (Lipinski definition) is 2. The number of phenolic OH excluding ortho intramolecular Hbond substituents is 1. The quantitative estimate of drug-likeness (QED) is 0.774. The fourth-order valence-electron chi connectivity index (χ4n) is 2.87. The molecule has 0 fully saturated rings. The first kappa shape index (κ1) is 15.6. The lowest BCUT2D eigenvalue weighted by Crippen LogP contribution is -2.27. The average Bonchev–Trinajstić information content (AvgIpc) is 2.52. The van der Waals surface area contributed by atoms with Gasteiger partial charge in [0.25, 0.3) is 0 Å². The van der Waals surface area contributed by atoms with Gasteiger partial charge in [-0.25, -0.2) is 0 Å². The van der Waals surface area contributed by atoms with Crippen LogP contribution in [-0.2, 0) is 6.54 Å². The van der Waals surface area contributed by atoms with Crippen molar-refractivity contribution < 1.29 is 5.11 Å². The molecule has 2 aromatic rings. The molecule has 0 saturated carbocycles. The van der Waals surface area contributed by atoms with Crippen molar-refractivity contribution in [3.63, 3.8) is 0 Å². The highest BCUT2D eigenvalue weighted by atomic mass is 16.3. The first-order chi connectivity index (χ1) is 10.2. The molecule has 2 aromatic carbocycles. The van der Waals surface area contributed by atoms with Gasteiger partial charge in [-0.05, 0) is 29.2 Å². The molecule has 0 spiro atoms. The van der Waals surface area contributed by atoms with Crippen molar-refractivity contribution in [3.05, 3.63) is 65.7 Å². The lowest BCUT2D eigenvalue weighted by molar-refractivity contribution is 0.339. The summed E-state index contributed by atoms with van der Waals surface area (Å²) in [6, 6.07) is 18.5. The van der Waals surface area contributed by atoms with E-state index in [9.17, 15) is 5.11 Å². The zero-order valence-corrected chi connectivity index (χ0v) is 12.9. The molecule has 2 heteroatoms. The van der Waals surface area contributed by atoms with E-state index in [0.29, 0.717) is 17.7 Å². The summed E-state index contributed by atoms with van der Waals surface area (Å²) in [7, 11) is 0. The van der Waals surface area contributed by atoms with Crippen molar-refractivity contribution in [2.24, 2.45) is 5.92 Å². The van der Waals surface area contributed by atoms with E-state index < -0.39 is 0 Å². The highest BCUT2D eigenvalue weighted by molar-refractivity contribution is 5.27. The number of aromatic hydroxyl groups is 1. The van der Waals surface area contributed by atoms with Crippen LogP contribution in [0.3, 0.4) is 0 Å². The molecular weight excluding hydrogens is 258 g/mol. The molecule has 0 radical (unpaired) electrons. The minimum atomic E-state index is 0.327. The summed E-state index contributed by atoms with van der Waals surface area (Å²) in [4.78, 5) is 0. The van der Waals surface area contributed by atoms with Gasteiger partial charge in [0.2, 0.25) is 0 Å². The second-order valence-electron chi connectivity index (χ2n) is 5.52. The molecule has 112 valence electrons. The smallest absolute Gasteiger partial charge is 0.115 e. The van der Waals surface area contributed by atoms with Gasteiger partial charge in [-0.15, -0.1) is 0 Å². The van der Waals surface area contributed by atoms with Crippen LogP contribution in [0.5, 0.6) is 5.75 Å². The molecule has 2 rings (SSSR count). The predicted molar refractivity (Wildman–Crippen MR) is 88.2 cm³/mol. The summed E-state index contributed by atoms with van der Waals surface area (Å²) in [6.07, 6.45) is 2.31. The summed E-state index contributed by atoms with van der Waals surface area (Å²) >= 11 is 0. The minimum Gasteiger partial charge on any atom is -0.508 e. The van der Waals surface area contributed by atoms with Gasteiger partial charge in [0, 0.05) is 12.6 Å². The van der Waals surface area contributed by atoms with Crippen LogP contribution in [0.4, 0.5) is 0 Å². The Morgan fingerprint density at radius 3 is 2.29 bits per heavy atom. The van der Waals surface area contributed by atoms with Crippen LogP contribution in [-0.4, -0.2) is 5.11 Å². The van der Waals surface area contributed by atoms with Crippen molar-refractivity contribution in [1.82, 2.24) is 5.32 Å². The van der Waals surface area contributed by atoms with Crippen LogP contribution in [0.15, 0.2) is 54.6 Å². The highest BCUT2D eigenvalue weighted by Crippen LogP contribution is 2.27. The van der Waals surface area contributed by atoms with E-state index in [2.05, 4.69) is 49.5 Å². The maximum Gasteiger partial charge on any atom is 0.115 e. The third kappa shape index (κ3) is 4.33. The predicted octanol–water partition coefficient (Wildman–Crippen LogP) is 4.66. The molecule has 0 aliphatic rings. The van der Waals surface area contributed by atoms with Crippen LogP contribution in [0.25, 0.3) is 0 Å². The van der Waals surface area contributed by atoms with Gasteiger partial charge < -0.3 is 10.4 Å². The Morgan fingerprint density at radius 1 is 0.952 bits per heavy atom. The lowest BCUT2D eigenvalue weighted by Gasteiger charge is -2.27. The molecular formula is C19H25NO. The van der Waals surface area contributed by atoms with Gasteiger partial charge in [-0.2, -0.15) is 0 Å². The molecule has 1 atom stereocenters. The van der Waals surface area contributed by atoms with Crippen molar-refractivity contribution in [3.8, 4) is 5.75 Å². The molecule has 0 aromatic heterocycles. The molecule has 0 amide bonds. The maximum absolute atomic E-state index is 9.57. The van der Waals surface area contributed by atoms with Crippen LogP contribution < -0.4 is 5.32 Å². The van der Waals surface area contributed by atoms with E-state index in [4.69, 9.17) is 0 Å². The Morgan fingerprint density at radius 2 is 1.67 bits per heavy atom. The summed E-state index contributed by atoms with van der Waals surface area (Å²) in [5, 5.41) is 13.2. The first-order valence-corrected chi connectivity index (χ1v) is 7.80. The van der Waals surface area contributed by atoms with E-state index >= 15 is 0 Å². The van der Waals surface area contributed by atoms with E-state index in [-0.39, 0.29) is 0 Å². The number of phenols is 1. The average molecular weight is 283 g/mol. The van der Waals surface area contributed by atoms with Gasteiger partial charge in [0.1, 0.15) is 5.75 Å². The third-order valence-electron chi connectivity index (χ3n) is 4.12. The van der Waals surface area contributed by atoms with Crippen LogP contribution in [0.1, 0.15) is 43.9 Å². The number of rotatable bonds is 7. The molecule has 0 heterocycles. The molecule has 2 nitrogen and oxygen atoms in total. The molecule has 1 unspecified atom stereocenters. The maximum atomic E-state index is 9.57. The highest BCUT2D eigenvalue weighted by Gasteiger charge is 2.19. The summed E-state index contributed by atoms with van der Waals surface area (Å²) < 4.78 is 0. The zero-order chi connectivity index (χ0) is 15.1. The summed E-state index contributed by atoms with van der Waals surface area (Å²) in [5.41, 5.74) is 2.45. The van der Waals surface area contributed by atoms with Crippen molar-refractivity contribution >= 4 is 0 Å². The second-order valence-corrected chi connectivity index (χ2v) is 5.52. The fourth-order valence-corrected chi connectivity index (χ4v) is 2.87. The Bertz CT molecular complexity index is 534. The Labute approximate surface area is 127 Å². The van der Waals surface area contributed by atoms with Gasteiger partial charge >= 0.3 is 0 Å². The van der Waals surface area contributed by atoms with Gasteiger partial charge in [0.15, 0.2) is 0 Å². The number of nitrogens with one attached hydrogen (secondary N) is 1. The molecule has 2 N–H and O–H groups in total. The SMILES string of the molecule is CCC(CC)C(NCc1cccc(O)c1)c1ccccc1. The topological polar surface area (TPSA) is 32.3 Å². The summed E-state index contributed by atoms with van der Waals surface area (Å²) in [5.74, 6) is 0.942. The monoisotopic (exact) mass is 283 g/mol. The number of benzene rings is 2. The van der Waals surface area contributed by atoms with Crippen LogP contribution >= 0.6 is 0 Å². The van der Waals surface area contributed by atoms with Gasteiger partial charge in [-0.1, -0.05) is 69.2 Å². The van der Waals surface area contributed by atoms with Crippen molar-refractivity contribution in [1.29, 1.82) is 0 Å². The Kier molecular flexibility index (Phi) is 5.82. The van der Waals surface area contributed by atoms with Gasteiger partial charge in [-0.3, -0.25) is 0 Å². The normalized spacial score (nSPS) is 12.5. The molecule has 0 aliphatic heterocycles. The van der Waals surface area contributed by atoms with E-state index in [0.717, 1.165) is 24.9 Å². The first-order valence-electron chi connectivity index (χ1n) is 7.80. The van der Waals surface area contributed by atoms with Crippen LogP contribution in [0, 0.1) is 5.92 Å². The lowest BCUT2D eigenvalue weighted by atomic mass is 9.88. The Balaban J connectivity index is 2.13. The zero-order valence-electron chi connectivity index (χ0n) is 12.9. The van der Waals surface area contributed by atoms with E-state index in [1.54, 1.807) is 6.07 Å². The molecule has 0 aliphatic carbocycles. The third-order valence-corrected chi connectivity index (χ3v) is 4.12. The molecule has 21 heavy (non-hydrogen) atoms. The van der Waals surface area contributed by atoms with Crippen molar-refractivity contribution in [2.75, 3.05) is 0 Å². The largest absolute Gasteiger partial charge is 0.508 e. The standard InChI is InChI=1S/C19H25NO/c1-3-16(4-2)19(17-10-6-5-7-11-17)20-14-15-9-8-12-18(21)13-15/h5-13,16,19-21H,3-4,14H2,1-2H3. The van der Waals surface area contributed by atoms with E-state index in [1.807, 2.05) is 18.2 Å². The fraction of sp³-hybridized carbons (Fsp3) is 0.368. The van der Waals surface area contributed by atoms with Crippen molar-refractivity contribution in [2.45, 2.75) is 39.3 Å². The Hall–Kier alpha value is -1.80. The second kappa shape index (κ2) is 7.84.